The van der Waals surface area contributed by atoms with Crippen molar-refractivity contribution >= 4 is 0 Å². The molecule has 1 saturated heterocycles. The Morgan fingerprint density at radius 2 is 2.24 bits per heavy atom. The molecule has 2 rings (SSSR count). The quantitative estimate of drug-likeness (QED) is 0.857. The first-order chi connectivity index (χ1) is 8.13. The summed E-state index contributed by atoms with van der Waals surface area (Å²) in [6.07, 6.45) is -0.889. The number of benzene rings is 1. The van der Waals surface area contributed by atoms with Gasteiger partial charge in [-0.1, -0.05) is 0 Å². The van der Waals surface area contributed by atoms with Crippen molar-refractivity contribution in [2.24, 2.45) is 0 Å². The molecule has 1 atom stereocenters. The van der Waals surface area contributed by atoms with Crippen molar-refractivity contribution in [1.29, 1.82) is 0 Å². The maximum atomic E-state index is 12.8. The number of rotatable bonds is 3. The zero-order valence-electron chi connectivity index (χ0n) is 9.54. The van der Waals surface area contributed by atoms with Crippen LogP contribution in [0.2, 0.25) is 0 Å². The monoisotopic (exact) mass is 243 g/mol. The number of ether oxygens (including phenoxy) is 1. The molecule has 0 aromatic heterocycles. The smallest absolute Gasteiger partial charge is 0.267 e. The molecule has 0 spiro atoms. The third-order valence-electron chi connectivity index (χ3n) is 3.05. The summed E-state index contributed by atoms with van der Waals surface area (Å²) in [6, 6.07) is 2.73. The average Bonchev–Trinajstić information content (AvgIpc) is 2.82. The standard InChI is InChI=1S/C12H15F2NO2/c1-17-7-5-8(10-3-2-4-15-10)11(16)9(6-7)12(13)14/h5-6,10,12,15-16H,2-4H2,1H3. The van der Waals surface area contributed by atoms with E-state index >= 15 is 0 Å². The zero-order valence-corrected chi connectivity index (χ0v) is 9.54. The molecule has 17 heavy (non-hydrogen) atoms. The third kappa shape index (κ3) is 2.34. The van der Waals surface area contributed by atoms with Gasteiger partial charge in [0.1, 0.15) is 11.5 Å². The predicted molar refractivity (Wildman–Crippen MR) is 59.6 cm³/mol. The summed E-state index contributed by atoms with van der Waals surface area (Å²) in [5, 5.41) is 13.0. The van der Waals surface area contributed by atoms with Gasteiger partial charge in [-0.15, -0.1) is 0 Å². The first kappa shape index (κ1) is 12.1. The second-order valence-corrected chi connectivity index (χ2v) is 4.10. The maximum Gasteiger partial charge on any atom is 0.267 e. The molecule has 1 fully saturated rings. The van der Waals surface area contributed by atoms with Gasteiger partial charge < -0.3 is 15.2 Å². The van der Waals surface area contributed by atoms with Crippen LogP contribution in [0.4, 0.5) is 8.78 Å². The SMILES string of the molecule is COc1cc(C(F)F)c(O)c(C2CCCN2)c1. The Morgan fingerprint density at radius 3 is 2.76 bits per heavy atom. The molecule has 0 saturated carbocycles. The number of hydrogen-bond donors (Lipinski definition) is 2. The van der Waals surface area contributed by atoms with Crippen LogP contribution in [0.3, 0.4) is 0 Å². The minimum atomic E-state index is -2.70. The summed E-state index contributed by atoms with van der Waals surface area (Å²) in [4.78, 5) is 0. The molecule has 2 N–H and O–H groups in total. The molecule has 5 heteroatoms. The summed E-state index contributed by atoms with van der Waals surface area (Å²) in [6.45, 7) is 0.839. The van der Waals surface area contributed by atoms with Gasteiger partial charge in [-0.3, -0.25) is 0 Å². The molecule has 1 aliphatic heterocycles. The molecule has 94 valence electrons. The molecule has 1 aromatic carbocycles. The topological polar surface area (TPSA) is 41.5 Å². The van der Waals surface area contributed by atoms with E-state index in [1.165, 1.54) is 13.2 Å². The van der Waals surface area contributed by atoms with Gasteiger partial charge in [-0.2, -0.15) is 0 Å². The highest BCUT2D eigenvalue weighted by Crippen LogP contribution is 2.39. The van der Waals surface area contributed by atoms with E-state index in [0.29, 0.717) is 11.3 Å². The molecule has 1 aromatic rings. The lowest BCUT2D eigenvalue weighted by atomic mass is 10.0. The summed E-state index contributed by atoms with van der Waals surface area (Å²) >= 11 is 0. The number of phenolic OH excluding ortho intramolecular Hbond substituents is 1. The van der Waals surface area contributed by atoms with Crippen LogP contribution < -0.4 is 10.1 Å². The lowest BCUT2D eigenvalue weighted by Gasteiger charge is -2.16. The van der Waals surface area contributed by atoms with E-state index in [4.69, 9.17) is 4.74 Å². The van der Waals surface area contributed by atoms with E-state index in [2.05, 4.69) is 5.32 Å². The Bertz CT molecular complexity index is 404. The van der Waals surface area contributed by atoms with Crippen LogP contribution in [0.25, 0.3) is 0 Å². The van der Waals surface area contributed by atoms with Crippen molar-refractivity contribution in [1.82, 2.24) is 5.32 Å². The Balaban J connectivity index is 2.45. The number of aromatic hydroxyl groups is 1. The van der Waals surface area contributed by atoms with Crippen LogP contribution in [0.1, 0.15) is 36.4 Å². The predicted octanol–water partition coefficient (Wildman–Crippen LogP) is 2.76. The molecule has 1 heterocycles. The fourth-order valence-corrected chi connectivity index (χ4v) is 2.15. The van der Waals surface area contributed by atoms with Crippen molar-refractivity contribution in [3.05, 3.63) is 23.3 Å². The first-order valence-corrected chi connectivity index (χ1v) is 5.55. The fourth-order valence-electron chi connectivity index (χ4n) is 2.15. The second kappa shape index (κ2) is 4.87. The fraction of sp³-hybridized carbons (Fsp3) is 0.500. The summed E-state index contributed by atoms with van der Waals surface area (Å²) in [5.74, 6) is 0.0296. The molecule has 0 bridgehead atoms. The van der Waals surface area contributed by atoms with Gasteiger partial charge in [0.15, 0.2) is 0 Å². The number of phenols is 1. The molecule has 1 unspecified atom stereocenters. The zero-order chi connectivity index (χ0) is 12.4. The van der Waals surface area contributed by atoms with E-state index < -0.39 is 6.43 Å². The number of halogens is 2. The highest BCUT2D eigenvalue weighted by atomic mass is 19.3. The number of hydrogen-bond acceptors (Lipinski definition) is 3. The van der Waals surface area contributed by atoms with Crippen molar-refractivity contribution in [2.75, 3.05) is 13.7 Å². The molecule has 0 radical (unpaired) electrons. The Kier molecular flexibility index (Phi) is 3.47. The molecular formula is C12H15F2NO2. The first-order valence-electron chi connectivity index (χ1n) is 5.55. The van der Waals surface area contributed by atoms with Crippen molar-refractivity contribution < 1.29 is 18.6 Å². The van der Waals surface area contributed by atoms with Crippen LogP contribution >= 0.6 is 0 Å². The average molecular weight is 243 g/mol. The van der Waals surface area contributed by atoms with Gasteiger partial charge in [0, 0.05) is 11.6 Å². The van der Waals surface area contributed by atoms with Crippen LogP contribution in [-0.4, -0.2) is 18.8 Å². The minimum absolute atomic E-state index is 0.0670. The Morgan fingerprint density at radius 1 is 1.47 bits per heavy atom. The molecule has 3 nitrogen and oxygen atoms in total. The van der Waals surface area contributed by atoms with Crippen LogP contribution in [0.15, 0.2) is 12.1 Å². The highest BCUT2D eigenvalue weighted by Gasteiger charge is 2.24. The van der Waals surface area contributed by atoms with Gasteiger partial charge in [-0.05, 0) is 31.5 Å². The summed E-state index contributed by atoms with van der Waals surface area (Å²) in [5.41, 5.74) is 0.130. The van der Waals surface area contributed by atoms with Gasteiger partial charge >= 0.3 is 0 Å². The maximum absolute atomic E-state index is 12.8. The largest absolute Gasteiger partial charge is 0.507 e. The van der Waals surface area contributed by atoms with Gasteiger partial charge in [0.2, 0.25) is 0 Å². The molecule has 0 aliphatic carbocycles. The third-order valence-corrected chi connectivity index (χ3v) is 3.05. The van der Waals surface area contributed by atoms with Crippen LogP contribution in [-0.2, 0) is 0 Å². The van der Waals surface area contributed by atoms with Gasteiger partial charge in [-0.25, -0.2) is 8.78 Å². The van der Waals surface area contributed by atoms with Crippen molar-refractivity contribution in [3.63, 3.8) is 0 Å². The van der Waals surface area contributed by atoms with E-state index in [1.54, 1.807) is 6.07 Å². The van der Waals surface area contributed by atoms with E-state index in [-0.39, 0.29) is 17.4 Å². The lowest BCUT2D eigenvalue weighted by Crippen LogP contribution is -2.13. The number of alkyl halides is 2. The molecular weight excluding hydrogens is 228 g/mol. The normalized spacial score (nSPS) is 19.9. The second-order valence-electron chi connectivity index (χ2n) is 4.10. The minimum Gasteiger partial charge on any atom is -0.507 e. The Labute approximate surface area is 98.4 Å². The van der Waals surface area contributed by atoms with Gasteiger partial charge in [0.05, 0.1) is 12.7 Å². The Hall–Kier alpha value is -1.36. The van der Waals surface area contributed by atoms with E-state index in [0.717, 1.165) is 19.4 Å². The van der Waals surface area contributed by atoms with Crippen LogP contribution in [0.5, 0.6) is 11.5 Å². The van der Waals surface area contributed by atoms with Gasteiger partial charge in [0.25, 0.3) is 6.43 Å². The summed E-state index contributed by atoms with van der Waals surface area (Å²) in [7, 11) is 1.42. The highest BCUT2D eigenvalue weighted by molar-refractivity contribution is 5.48. The van der Waals surface area contributed by atoms with E-state index in [9.17, 15) is 13.9 Å². The number of methoxy groups -OCH3 is 1. The molecule has 1 aliphatic rings. The van der Waals surface area contributed by atoms with E-state index in [1.807, 2.05) is 0 Å². The van der Waals surface area contributed by atoms with Crippen molar-refractivity contribution in [2.45, 2.75) is 25.3 Å². The lowest BCUT2D eigenvalue weighted by molar-refractivity contribution is 0.146. The van der Waals surface area contributed by atoms with Crippen molar-refractivity contribution in [3.8, 4) is 11.5 Å². The number of nitrogens with one attached hydrogen (secondary N) is 1. The summed E-state index contributed by atoms with van der Waals surface area (Å²) < 4.78 is 30.5. The van der Waals surface area contributed by atoms with Crippen LogP contribution in [0, 0.1) is 0 Å². The molecule has 0 amide bonds.